The van der Waals surface area contributed by atoms with Crippen LogP contribution in [0.2, 0.25) is 0 Å². The normalized spacial score (nSPS) is 15.2. The average molecular weight is 330 g/mol. The second-order valence-corrected chi connectivity index (χ2v) is 4.99. The van der Waals surface area contributed by atoms with E-state index in [9.17, 15) is 4.79 Å². The Labute approximate surface area is 120 Å². The molecule has 1 saturated heterocycles. The largest absolute Gasteiger partial charge is 0.497 e. The molecule has 1 aliphatic heterocycles. The van der Waals surface area contributed by atoms with Crippen LogP contribution in [0.15, 0.2) is 16.6 Å². The Balaban J connectivity index is 2.35. The minimum Gasteiger partial charge on any atom is -0.497 e. The van der Waals surface area contributed by atoms with Gasteiger partial charge in [-0.2, -0.15) is 0 Å². The van der Waals surface area contributed by atoms with Gasteiger partial charge in [0.1, 0.15) is 11.5 Å². The molecular weight excluding hydrogens is 314 g/mol. The van der Waals surface area contributed by atoms with Crippen molar-refractivity contribution < 1.29 is 19.1 Å². The lowest BCUT2D eigenvalue weighted by Gasteiger charge is -2.26. The molecule has 0 unspecified atom stereocenters. The third-order valence-electron chi connectivity index (χ3n) is 2.92. The molecule has 19 heavy (non-hydrogen) atoms. The Bertz CT molecular complexity index is 472. The number of hydroxylamine groups is 2. The fourth-order valence-corrected chi connectivity index (χ4v) is 2.55. The predicted molar refractivity (Wildman–Crippen MR) is 73.5 cm³/mol. The molecule has 0 saturated carbocycles. The third-order valence-corrected chi connectivity index (χ3v) is 3.51. The van der Waals surface area contributed by atoms with E-state index in [1.807, 2.05) is 0 Å². The molecule has 1 amide bonds. The number of amides is 1. The van der Waals surface area contributed by atoms with E-state index in [2.05, 4.69) is 15.9 Å². The summed E-state index contributed by atoms with van der Waals surface area (Å²) in [5.74, 6) is 0.865. The van der Waals surface area contributed by atoms with Crippen LogP contribution in [0.25, 0.3) is 0 Å². The third kappa shape index (κ3) is 3.01. The van der Waals surface area contributed by atoms with Gasteiger partial charge in [0.25, 0.3) is 5.91 Å². The van der Waals surface area contributed by atoms with E-state index in [4.69, 9.17) is 14.3 Å². The zero-order valence-corrected chi connectivity index (χ0v) is 12.5. The van der Waals surface area contributed by atoms with Crippen molar-refractivity contribution in [3.8, 4) is 11.5 Å². The topological polar surface area (TPSA) is 48.0 Å². The summed E-state index contributed by atoms with van der Waals surface area (Å²) in [6, 6.07) is 3.41. The van der Waals surface area contributed by atoms with Gasteiger partial charge in [0.05, 0.1) is 30.9 Å². The molecule has 0 bridgehead atoms. The van der Waals surface area contributed by atoms with Gasteiger partial charge in [0.15, 0.2) is 0 Å². The molecular formula is C13H16BrNO4. The number of halogens is 1. The van der Waals surface area contributed by atoms with Gasteiger partial charge in [-0.25, -0.2) is 5.06 Å². The predicted octanol–water partition coefficient (Wildman–Crippen LogP) is 2.63. The Kier molecular flexibility index (Phi) is 4.66. The summed E-state index contributed by atoms with van der Waals surface area (Å²) in [6.45, 7) is 1.16. The molecule has 1 fully saturated rings. The lowest BCUT2D eigenvalue weighted by molar-refractivity contribution is -0.144. The Hall–Kier alpha value is -1.27. The summed E-state index contributed by atoms with van der Waals surface area (Å²) in [4.78, 5) is 17.8. The van der Waals surface area contributed by atoms with Gasteiger partial charge in [-0.1, -0.05) is 0 Å². The number of rotatable bonds is 3. The quantitative estimate of drug-likeness (QED) is 0.855. The Morgan fingerprint density at radius 2 is 2.11 bits per heavy atom. The van der Waals surface area contributed by atoms with E-state index < -0.39 is 0 Å². The number of carbonyl (C=O) groups excluding carboxylic acids is 1. The first kappa shape index (κ1) is 14.1. The molecule has 104 valence electrons. The maximum Gasteiger partial charge on any atom is 0.281 e. The van der Waals surface area contributed by atoms with E-state index in [1.165, 1.54) is 12.2 Å². The fraction of sp³-hybridized carbons (Fsp3) is 0.462. The molecule has 0 aromatic heterocycles. The van der Waals surface area contributed by atoms with Crippen molar-refractivity contribution in [2.24, 2.45) is 0 Å². The van der Waals surface area contributed by atoms with Crippen LogP contribution in [0, 0.1) is 0 Å². The molecule has 0 radical (unpaired) electrons. The van der Waals surface area contributed by atoms with Gasteiger partial charge in [-0.3, -0.25) is 9.63 Å². The van der Waals surface area contributed by atoms with Crippen molar-refractivity contribution in [3.63, 3.8) is 0 Å². The highest BCUT2D eigenvalue weighted by molar-refractivity contribution is 9.10. The van der Waals surface area contributed by atoms with Crippen LogP contribution in [0.5, 0.6) is 11.5 Å². The fourth-order valence-electron chi connectivity index (χ4n) is 1.94. The van der Waals surface area contributed by atoms with Gasteiger partial charge in [0.2, 0.25) is 0 Å². The van der Waals surface area contributed by atoms with Crippen LogP contribution < -0.4 is 9.47 Å². The molecule has 1 aromatic carbocycles. The van der Waals surface area contributed by atoms with E-state index >= 15 is 0 Å². The van der Waals surface area contributed by atoms with Crippen LogP contribution in [-0.2, 0) is 4.84 Å². The van der Waals surface area contributed by atoms with Crippen molar-refractivity contribution in [1.82, 2.24) is 5.06 Å². The van der Waals surface area contributed by atoms with Crippen LogP contribution in [0.4, 0.5) is 0 Å². The standard InChI is InChI=1S/C13H16BrNO4/c1-17-9-7-10(12(18-2)11(14)8-9)13(16)15-5-3-4-6-19-15/h7-8H,3-6H2,1-2H3. The van der Waals surface area contributed by atoms with Gasteiger partial charge >= 0.3 is 0 Å². The molecule has 5 nitrogen and oxygen atoms in total. The lowest BCUT2D eigenvalue weighted by Crippen LogP contribution is -2.36. The average Bonchev–Trinajstić information content (AvgIpc) is 2.46. The van der Waals surface area contributed by atoms with Gasteiger partial charge < -0.3 is 9.47 Å². The zero-order chi connectivity index (χ0) is 13.8. The summed E-state index contributed by atoms with van der Waals surface area (Å²) >= 11 is 3.37. The molecule has 0 atom stereocenters. The number of methoxy groups -OCH3 is 2. The number of benzene rings is 1. The molecule has 0 spiro atoms. The number of hydrogen-bond donors (Lipinski definition) is 0. The summed E-state index contributed by atoms with van der Waals surface area (Å²) in [5.41, 5.74) is 0.427. The summed E-state index contributed by atoms with van der Waals surface area (Å²) < 4.78 is 11.1. The molecule has 0 N–H and O–H groups in total. The monoisotopic (exact) mass is 329 g/mol. The highest BCUT2D eigenvalue weighted by Gasteiger charge is 2.24. The number of hydrogen-bond acceptors (Lipinski definition) is 4. The van der Waals surface area contributed by atoms with Crippen LogP contribution in [-0.4, -0.2) is 38.3 Å². The van der Waals surface area contributed by atoms with Crippen molar-refractivity contribution >= 4 is 21.8 Å². The minimum atomic E-state index is -0.212. The molecule has 1 aromatic rings. The lowest BCUT2D eigenvalue weighted by atomic mass is 10.1. The highest BCUT2D eigenvalue weighted by atomic mass is 79.9. The summed E-state index contributed by atoms with van der Waals surface area (Å²) in [7, 11) is 3.08. The second kappa shape index (κ2) is 6.25. The highest BCUT2D eigenvalue weighted by Crippen LogP contribution is 2.34. The van der Waals surface area contributed by atoms with Crippen molar-refractivity contribution in [1.29, 1.82) is 0 Å². The van der Waals surface area contributed by atoms with E-state index in [0.717, 1.165) is 12.8 Å². The molecule has 6 heteroatoms. The van der Waals surface area contributed by atoms with E-state index in [-0.39, 0.29) is 5.91 Å². The van der Waals surface area contributed by atoms with Crippen LogP contribution in [0.3, 0.4) is 0 Å². The van der Waals surface area contributed by atoms with Crippen molar-refractivity contribution in [2.45, 2.75) is 12.8 Å². The Morgan fingerprint density at radius 3 is 2.68 bits per heavy atom. The number of ether oxygens (including phenoxy) is 2. The van der Waals surface area contributed by atoms with Gasteiger partial charge in [-0.05, 0) is 40.9 Å². The van der Waals surface area contributed by atoms with Gasteiger partial charge in [-0.15, -0.1) is 0 Å². The SMILES string of the molecule is COc1cc(Br)c(OC)c(C(=O)N2CCCCO2)c1. The maximum atomic E-state index is 12.4. The van der Waals surface area contributed by atoms with Crippen molar-refractivity contribution in [2.75, 3.05) is 27.4 Å². The summed E-state index contributed by atoms with van der Waals surface area (Å²) in [5, 5.41) is 1.38. The number of carbonyl (C=O) groups is 1. The van der Waals surface area contributed by atoms with Crippen molar-refractivity contribution in [3.05, 3.63) is 22.2 Å². The van der Waals surface area contributed by atoms with E-state index in [0.29, 0.717) is 34.7 Å². The minimum absolute atomic E-state index is 0.212. The Morgan fingerprint density at radius 1 is 1.32 bits per heavy atom. The zero-order valence-electron chi connectivity index (χ0n) is 10.9. The van der Waals surface area contributed by atoms with Crippen LogP contribution in [0.1, 0.15) is 23.2 Å². The van der Waals surface area contributed by atoms with E-state index in [1.54, 1.807) is 19.2 Å². The van der Waals surface area contributed by atoms with Gasteiger partial charge in [0, 0.05) is 6.54 Å². The number of nitrogens with zero attached hydrogens (tertiary/aromatic N) is 1. The van der Waals surface area contributed by atoms with Crippen LogP contribution >= 0.6 is 15.9 Å². The maximum absolute atomic E-state index is 12.4. The molecule has 2 rings (SSSR count). The molecule has 0 aliphatic carbocycles. The first-order chi connectivity index (χ1) is 9.17. The molecule has 1 aliphatic rings. The second-order valence-electron chi connectivity index (χ2n) is 4.14. The first-order valence-corrected chi connectivity index (χ1v) is 6.83. The molecule has 1 heterocycles. The first-order valence-electron chi connectivity index (χ1n) is 6.03. The smallest absolute Gasteiger partial charge is 0.281 e. The summed E-state index contributed by atoms with van der Waals surface area (Å²) in [6.07, 6.45) is 1.92.